The summed E-state index contributed by atoms with van der Waals surface area (Å²) < 4.78 is 0. The topological polar surface area (TPSA) is 20.2 Å². The predicted molar refractivity (Wildman–Crippen MR) is 52.1 cm³/mol. The second kappa shape index (κ2) is 2.71. The Bertz CT molecular complexity index is 240. The van der Waals surface area contributed by atoms with Gasteiger partial charge in [-0.25, -0.2) is 0 Å². The molecule has 70 valence electrons. The zero-order valence-corrected chi connectivity index (χ0v) is 7.76. The lowest BCUT2D eigenvalue weighted by atomic mass is 9.72. The highest BCUT2D eigenvalue weighted by Gasteiger charge is 2.45. The van der Waals surface area contributed by atoms with E-state index in [0.717, 1.165) is 11.8 Å². The second-order valence-electron chi connectivity index (χ2n) is 4.75. The van der Waals surface area contributed by atoms with Crippen LogP contribution >= 0.6 is 0 Å². The summed E-state index contributed by atoms with van der Waals surface area (Å²) in [5.41, 5.74) is 0. The molecule has 0 amide bonds. The van der Waals surface area contributed by atoms with Gasteiger partial charge in [-0.05, 0) is 31.1 Å². The molecule has 13 heavy (non-hydrogen) atoms. The maximum atomic E-state index is 10.1. The number of hydrogen-bond donors (Lipinski definition) is 1. The minimum absolute atomic E-state index is 0.0961. The van der Waals surface area contributed by atoms with Crippen LogP contribution in [0.15, 0.2) is 24.3 Å². The zero-order chi connectivity index (χ0) is 8.84. The maximum absolute atomic E-state index is 10.1. The Morgan fingerprint density at radius 1 is 0.923 bits per heavy atom. The second-order valence-corrected chi connectivity index (χ2v) is 4.75. The van der Waals surface area contributed by atoms with E-state index in [1.54, 1.807) is 0 Å². The Labute approximate surface area is 79.2 Å². The number of aliphatic hydroxyl groups excluding tert-OH is 1. The average Bonchev–Trinajstić information content (AvgIpc) is 2.51. The van der Waals surface area contributed by atoms with Crippen molar-refractivity contribution in [3.05, 3.63) is 24.3 Å². The molecule has 4 bridgehead atoms. The van der Waals surface area contributed by atoms with Crippen LogP contribution in [-0.2, 0) is 0 Å². The molecule has 3 aliphatic rings. The molecular weight excluding hydrogens is 160 g/mol. The fourth-order valence-corrected chi connectivity index (χ4v) is 3.49. The molecule has 4 unspecified atom stereocenters. The van der Waals surface area contributed by atoms with Gasteiger partial charge in [0, 0.05) is 11.8 Å². The van der Waals surface area contributed by atoms with E-state index in [4.69, 9.17) is 0 Å². The molecule has 2 saturated carbocycles. The van der Waals surface area contributed by atoms with Crippen LogP contribution in [0.2, 0.25) is 0 Å². The van der Waals surface area contributed by atoms with Crippen LogP contribution in [0.4, 0.5) is 0 Å². The quantitative estimate of drug-likeness (QED) is 0.599. The van der Waals surface area contributed by atoms with Gasteiger partial charge < -0.3 is 5.11 Å². The summed E-state index contributed by atoms with van der Waals surface area (Å²) >= 11 is 0. The van der Waals surface area contributed by atoms with Crippen LogP contribution in [0, 0.1) is 23.7 Å². The molecule has 1 N–H and O–H groups in total. The fraction of sp³-hybridized carbons (Fsp3) is 0.667. The van der Waals surface area contributed by atoms with Gasteiger partial charge in [-0.3, -0.25) is 0 Å². The van der Waals surface area contributed by atoms with E-state index in [9.17, 15) is 5.11 Å². The Kier molecular flexibility index (Phi) is 1.63. The van der Waals surface area contributed by atoms with Crippen LogP contribution in [0.3, 0.4) is 0 Å². The summed E-state index contributed by atoms with van der Waals surface area (Å²) in [5, 5.41) is 10.1. The van der Waals surface area contributed by atoms with Crippen molar-refractivity contribution in [3.63, 3.8) is 0 Å². The first-order valence-electron chi connectivity index (χ1n) is 5.39. The summed E-state index contributed by atoms with van der Waals surface area (Å²) in [7, 11) is 0. The molecule has 1 nitrogen and oxygen atoms in total. The summed E-state index contributed by atoms with van der Waals surface area (Å²) in [6, 6.07) is 0. The van der Waals surface area contributed by atoms with E-state index in [0.29, 0.717) is 11.8 Å². The third-order valence-electron chi connectivity index (χ3n) is 4.17. The molecule has 3 aliphatic carbocycles. The molecule has 1 heteroatoms. The molecule has 0 aromatic heterocycles. The highest BCUT2D eigenvalue weighted by atomic mass is 16.3. The smallest absolute Gasteiger partial charge is 0.0670 e. The van der Waals surface area contributed by atoms with Gasteiger partial charge in [0.15, 0.2) is 0 Å². The van der Waals surface area contributed by atoms with Crippen molar-refractivity contribution in [1.29, 1.82) is 0 Å². The van der Waals surface area contributed by atoms with Gasteiger partial charge in [0.1, 0.15) is 0 Å². The number of rotatable bonds is 0. The van der Waals surface area contributed by atoms with Gasteiger partial charge in [0.05, 0.1) is 6.10 Å². The van der Waals surface area contributed by atoms with Crippen molar-refractivity contribution in [2.24, 2.45) is 23.7 Å². The molecule has 0 radical (unpaired) electrons. The molecule has 0 heterocycles. The van der Waals surface area contributed by atoms with E-state index < -0.39 is 0 Å². The summed E-state index contributed by atoms with van der Waals surface area (Å²) in [6.07, 6.45) is 12.6. The normalized spacial score (nSPS) is 52.2. The molecule has 0 aromatic carbocycles. The first-order chi connectivity index (χ1) is 6.36. The Balaban J connectivity index is 2.01. The lowest BCUT2D eigenvalue weighted by Crippen LogP contribution is -2.37. The highest BCUT2D eigenvalue weighted by Crippen LogP contribution is 2.50. The SMILES string of the molecule is OC1C2C=CC=CC1C1CCC2C1. The first-order valence-corrected chi connectivity index (χ1v) is 5.39. The third-order valence-corrected chi connectivity index (χ3v) is 4.17. The van der Waals surface area contributed by atoms with Gasteiger partial charge in [0.25, 0.3) is 0 Å². The van der Waals surface area contributed by atoms with Gasteiger partial charge in [-0.2, -0.15) is 0 Å². The van der Waals surface area contributed by atoms with Crippen molar-refractivity contribution >= 4 is 0 Å². The molecule has 3 rings (SSSR count). The van der Waals surface area contributed by atoms with Crippen molar-refractivity contribution in [3.8, 4) is 0 Å². The first kappa shape index (κ1) is 7.81. The molecular formula is C12H16O. The molecule has 0 saturated heterocycles. The van der Waals surface area contributed by atoms with Crippen molar-refractivity contribution in [2.45, 2.75) is 25.4 Å². The van der Waals surface area contributed by atoms with Crippen LogP contribution in [0.25, 0.3) is 0 Å². The lowest BCUT2D eigenvalue weighted by Gasteiger charge is -2.36. The molecule has 0 spiro atoms. The van der Waals surface area contributed by atoms with Crippen LogP contribution < -0.4 is 0 Å². The predicted octanol–water partition coefficient (Wildman–Crippen LogP) is 2.14. The van der Waals surface area contributed by atoms with E-state index in [1.165, 1.54) is 19.3 Å². The van der Waals surface area contributed by atoms with Gasteiger partial charge in [-0.1, -0.05) is 24.3 Å². The van der Waals surface area contributed by atoms with Gasteiger partial charge >= 0.3 is 0 Å². The highest BCUT2D eigenvalue weighted by molar-refractivity contribution is 5.18. The fourth-order valence-electron chi connectivity index (χ4n) is 3.49. The summed E-state index contributed by atoms with van der Waals surface area (Å²) in [6.45, 7) is 0. The largest absolute Gasteiger partial charge is 0.392 e. The molecule has 0 aliphatic heterocycles. The Morgan fingerprint density at radius 2 is 1.46 bits per heavy atom. The summed E-state index contributed by atoms with van der Waals surface area (Å²) in [5.74, 6) is 2.43. The van der Waals surface area contributed by atoms with Crippen LogP contribution in [0.1, 0.15) is 19.3 Å². The summed E-state index contributed by atoms with van der Waals surface area (Å²) in [4.78, 5) is 0. The van der Waals surface area contributed by atoms with E-state index in [-0.39, 0.29) is 6.10 Å². The van der Waals surface area contributed by atoms with E-state index in [2.05, 4.69) is 24.3 Å². The Hall–Kier alpha value is -0.560. The minimum atomic E-state index is -0.0961. The number of aliphatic hydroxyl groups is 1. The zero-order valence-electron chi connectivity index (χ0n) is 7.76. The van der Waals surface area contributed by atoms with Gasteiger partial charge in [-0.15, -0.1) is 0 Å². The van der Waals surface area contributed by atoms with Crippen LogP contribution in [-0.4, -0.2) is 11.2 Å². The lowest BCUT2D eigenvalue weighted by molar-refractivity contribution is 0.0204. The van der Waals surface area contributed by atoms with Crippen LogP contribution in [0.5, 0.6) is 0 Å². The van der Waals surface area contributed by atoms with Crippen molar-refractivity contribution < 1.29 is 5.11 Å². The maximum Gasteiger partial charge on any atom is 0.0670 e. The van der Waals surface area contributed by atoms with E-state index in [1.807, 2.05) is 0 Å². The number of hydrogen-bond acceptors (Lipinski definition) is 1. The van der Waals surface area contributed by atoms with Crippen molar-refractivity contribution in [1.82, 2.24) is 0 Å². The average molecular weight is 176 g/mol. The third kappa shape index (κ3) is 1.03. The molecule has 0 aromatic rings. The minimum Gasteiger partial charge on any atom is -0.392 e. The van der Waals surface area contributed by atoms with Crippen molar-refractivity contribution in [2.75, 3.05) is 0 Å². The van der Waals surface area contributed by atoms with E-state index >= 15 is 0 Å². The monoisotopic (exact) mass is 176 g/mol. The van der Waals surface area contributed by atoms with Gasteiger partial charge in [0.2, 0.25) is 0 Å². The standard InChI is InChI=1S/C12H16O/c13-12-10-3-1-2-4-11(12)9-6-5-8(10)7-9/h1-4,8-13H,5-7H2. The number of allylic oxidation sites excluding steroid dienone is 2. The molecule has 4 atom stereocenters. The number of fused-ring (bicyclic) bond motifs is 6. The molecule has 2 fully saturated rings. The Morgan fingerprint density at radius 3 is 2.00 bits per heavy atom.